The number of hydrogen-bond donors (Lipinski definition) is 1. The van der Waals surface area contributed by atoms with Gasteiger partial charge in [-0.15, -0.1) is 0 Å². The maximum absolute atomic E-state index is 13.2. The molecule has 0 aliphatic rings. The fourth-order valence-corrected chi connectivity index (χ4v) is 2.07. The van der Waals surface area contributed by atoms with E-state index in [0.29, 0.717) is 6.54 Å². The molecule has 0 amide bonds. The number of nitrogens with one attached hydrogen (secondary N) is 1. The van der Waals surface area contributed by atoms with E-state index in [-0.39, 0.29) is 5.82 Å². The summed E-state index contributed by atoms with van der Waals surface area (Å²) in [6.07, 6.45) is 0.930. The van der Waals surface area contributed by atoms with E-state index in [1.807, 2.05) is 11.6 Å². The summed E-state index contributed by atoms with van der Waals surface area (Å²) in [5, 5.41) is 7.78. The van der Waals surface area contributed by atoms with Crippen LogP contribution in [0.5, 0.6) is 0 Å². The van der Waals surface area contributed by atoms with E-state index in [2.05, 4.69) is 30.3 Å². The molecule has 0 atom stereocenters. The zero-order valence-corrected chi connectivity index (χ0v) is 11.7. The first-order chi connectivity index (χ1) is 9.13. The highest BCUT2D eigenvalue weighted by molar-refractivity contribution is 5.50. The van der Waals surface area contributed by atoms with Gasteiger partial charge >= 0.3 is 0 Å². The molecule has 3 nitrogen and oxygen atoms in total. The molecule has 2 rings (SSSR count). The topological polar surface area (TPSA) is 29.9 Å². The number of hydrogen-bond acceptors (Lipinski definition) is 2. The smallest absolute Gasteiger partial charge is 0.125 e. The zero-order valence-electron chi connectivity index (χ0n) is 11.7. The van der Waals surface area contributed by atoms with Crippen LogP contribution < -0.4 is 5.32 Å². The molecule has 0 fully saturated rings. The number of aromatic nitrogens is 2. The molecule has 1 heterocycles. The van der Waals surface area contributed by atoms with Crippen molar-refractivity contribution in [2.45, 2.75) is 40.3 Å². The number of rotatable bonds is 5. The summed E-state index contributed by atoms with van der Waals surface area (Å²) < 4.78 is 15.2. The van der Waals surface area contributed by atoms with Gasteiger partial charge in [0.2, 0.25) is 0 Å². The Morgan fingerprint density at radius 2 is 2.05 bits per heavy atom. The summed E-state index contributed by atoms with van der Waals surface area (Å²) in [5.41, 5.74) is 4.10. The number of halogens is 1. The van der Waals surface area contributed by atoms with Gasteiger partial charge in [-0.1, -0.05) is 13.0 Å². The van der Waals surface area contributed by atoms with Gasteiger partial charge in [-0.25, -0.2) is 4.39 Å². The maximum atomic E-state index is 13.2. The van der Waals surface area contributed by atoms with E-state index < -0.39 is 0 Å². The number of anilines is 1. The normalized spacial score (nSPS) is 10.7. The Morgan fingerprint density at radius 3 is 2.74 bits per heavy atom. The summed E-state index contributed by atoms with van der Waals surface area (Å²) in [4.78, 5) is 0. The minimum absolute atomic E-state index is 0.216. The first kappa shape index (κ1) is 13.6. The molecule has 19 heavy (non-hydrogen) atoms. The van der Waals surface area contributed by atoms with E-state index in [4.69, 9.17) is 0 Å². The third-order valence-electron chi connectivity index (χ3n) is 3.24. The van der Waals surface area contributed by atoms with Crippen molar-refractivity contribution in [2.24, 2.45) is 0 Å². The molecule has 1 N–H and O–H groups in total. The van der Waals surface area contributed by atoms with Gasteiger partial charge in [0.15, 0.2) is 0 Å². The molecule has 1 aromatic heterocycles. The van der Waals surface area contributed by atoms with Crippen LogP contribution in [0.3, 0.4) is 0 Å². The minimum Gasteiger partial charge on any atom is -0.379 e. The predicted octanol–water partition coefficient (Wildman–Crippen LogP) is 3.53. The molecule has 0 saturated heterocycles. The molecule has 2 aromatic rings. The largest absolute Gasteiger partial charge is 0.379 e. The Balaban J connectivity index is 2.13. The second kappa shape index (κ2) is 5.87. The van der Waals surface area contributed by atoms with Gasteiger partial charge in [-0.3, -0.25) is 4.68 Å². The number of benzene rings is 1. The Labute approximate surface area is 113 Å². The zero-order chi connectivity index (χ0) is 13.8. The Bertz CT molecular complexity index is 561. The second-order valence-corrected chi connectivity index (χ2v) is 4.61. The lowest BCUT2D eigenvalue weighted by Gasteiger charge is -2.10. The second-order valence-electron chi connectivity index (χ2n) is 4.61. The molecule has 0 aliphatic carbocycles. The fraction of sp³-hybridized carbons (Fsp3) is 0.400. The molecule has 0 spiro atoms. The highest BCUT2D eigenvalue weighted by atomic mass is 19.1. The van der Waals surface area contributed by atoms with Crippen LogP contribution in [0.1, 0.15) is 30.8 Å². The van der Waals surface area contributed by atoms with Gasteiger partial charge in [-0.2, -0.15) is 5.10 Å². The average molecular weight is 261 g/mol. The Morgan fingerprint density at radius 1 is 1.26 bits per heavy atom. The highest BCUT2D eigenvalue weighted by Gasteiger charge is 2.06. The van der Waals surface area contributed by atoms with Gasteiger partial charge in [0, 0.05) is 12.2 Å². The molecule has 0 bridgehead atoms. The molecule has 1 aromatic carbocycles. The highest BCUT2D eigenvalue weighted by Crippen LogP contribution is 2.17. The SMILES string of the molecule is CCc1cc(CNc2cc(F)ccc2C)n(CC)n1. The number of nitrogens with zero attached hydrogens (tertiary/aromatic N) is 2. The van der Waals surface area contributed by atoms with Crippen LogP contribution in [0.15, 0.2) is 24.3 Å². The third kappa shape index (κ3) is 3.13. The van der Waals surface area contributed by atoms with Gasteiger partial charge < -0.3 is 5.32 Å². The lowest BCUT2D eigenvalue weighted by molar-refractivity contribution is 0.618. The van der Waals surface area contributed by atoms with Crippen molar-refractivity contribution in [3.05, 3.63) is 47.0 Å². The Kier molecular flexibility index (Phi) is 4.20. The lowest BCUT2D eigenvalue weighted by atomic mass is 10.2. The van der Waals surface area contributed by atoms with Crippen LogP contribution >= 0.6 is 0 Å². The lowest BCUT2D eigenvalue weighted by Crippen LogP contribution is -2.08. The van der Waals surface area contributed by atoms with Crippen LogP contribution in [0, 0.1) is 12.7 Å². The summed E-state index contributed by atoms with van der Waals surface area (Å²) in [6.45, 7) is 7.64. The molecule has 0 unspecified atom stereocenters. The molecule has 4 heteroatoms. The average Bonchev–Trinajstić information content (AvgIpc) is 2.82. The predicted molar refractivity (Wildman–Crippen MR) is 75.7 cm³/mol. The van der Waals surface area contributed by atoms with Gasteiger partial charge in [0.1, 0.15) is 5.82 Å². The van der Waals surface area contributed by atoms with Crippen LogP contribution in [-0.2, 0) is 19.5 Å². The van der Waals surface area contributed by atoms with Crippen molar-refractivity contribution in [3.63, 3.8) is 0 Å². The molecule has 102 valence electrons. The van der Waals surface area contributed by atoms with E-state index in [0.717, 1.165) is 35.6 Å². The van der Waals surface area contributed by atoms with Gasteiger partial charge in [-0.05, 0) is 44.0 Å². The van der Waals surface area contributed by atoms with Crippen LogP contribution in [0.2, 0.25) is 0 Å². The van der Waals surface area contributed by atoms with E-state index >= 15 is 0 Å². The third-order valence-corrected chi connectivity index (χ3v) is 3.24. The first-order valence-electron chi connectivity index (χ1n) is 6.69. The summed E-state index contributed by atoms with van der Waals surface area (Å²) in [5.74, 6) is -0.216. The van der Waals surface area contributed by atoms with Gasteiger partial charge in [0.25, 0.3) is 0 Å². The van der Waals surface area contributed by atoms with Crippen LogP contribution in [0.4, 0.5) is 10.1 Å². The Hall–Kier alpha value is -1.84. The summed E-state index contributed by atoms with van der Waals surface area (Å²) in [6, 6.07) is 6.89. The minimum atomic E-state index is -0.216. The first-order valence-corrected chi connectivity index (χ1v) is 6.69. The summed E-state index contributed by atoms with van der Waals surface area (Å²) >= 11 is 0. The van der Waals surface area contributed by atoms with Crippen molar-refractivity contribution in [1.82, 2.24) is 9.78 Å². The van der Waals surface area contributed by atoms with Crippen LogP contribution in [0.25, 0.3) is 0 Å². The van der Waals surface area contributed by atoms with E-state index in [1.54, 1.807) is 6.07 Å². The van der Waals surface area contributed by atoms with Crippen molar-refractivity contribution >= 4 is 5.69 Å². The molecular weight excluding hydrogens is 241 g/mol. The van der Waals surface area contributed by atoms with E-state index in [9.17, 15) is 4.39 Å². The quantitative estimate of drug-likeness (QED) is 0.892. The van der Waals surface area contributed by atoms with Crippen molar-refractivity contribution in [3.8, 4) is 0 Å². The summed E-state index contributed by atoms with van der Waals surface area (Å²) in [7, 11) is 0. The monoisotopic (exact) mass is 261 g/mol. The number of aryl methyl sites for hydroxylation is 3. The van der Waals surface area contributed by atoms with Crippen molar-refractivity contribution in [2.75, 3.05) is 5.32 Å². The molecule has 0 radical (unpaired) electrons. The van der Waals surface area contributed by atoms with Gasteiger partial charge in [0.05, 0.1) is 17.9 Å². The van der Waals surface area contributed by atoms with Crippen LogP contribution in [-0.4, -0.2) is 9.78 Å². The fourth-order valence-electron chi connectivity index (χ4n) is 2.07. The van der Waals surface area contributed by atoms with Crippen molar-refractivity contribution in [1.29, 1.82) is 0 Å². The maximum Gasteiger partial charge on any atom is 0.125 e. The molecule has 0 aliphatic heterocycles. The standard InChI is InChI=1S/C15H20FN3/c1-4-13-9-14(19(5-2)18-13)10-17-15-8-12(16)7-6-11(15)3/h6-9,17H,4-5,10H2,1-3H3. The molecule has 0 saturated carbocycles. The van der Waals surface area contributed by atoms with Crippen molar-refractivity contribution < 1.29 is 4.39 Å². The molecular formula is C15H20FN3. The van der Waals surface area contributed by atoms with E-state index in [1.165, 1.54) is 12.1 Å².